The Labute approximate surface area is 177 Å². The summed E-state index contributed by atoms with van der Waals surface area (Å²) in [4.78, 5) is 19.5. The lowest BCUT2D eigenvalue weighted by atomic mass is 9.94. The van der Waals surface area contributed by atoms with Crippen molar-refractivity contribution in [3.8, 4) is 0 Å². The number of azo groups is 1. The van der Waals surface area contributed by atoms with Crippen LogP contribution in [0.25, 0.3) is 0 Å². The van der Waals surface area contributed by atoms with Gasteiger partial charge in [-0.3, -0.25) is 10.1 Å². The van der Waals surface area contributed by atoms with Crippen LogP contribution in [0.3, 0.4) is 0 Å². The number of aliphatic imine (C=N–C) groups is 2. The molecule has 4 rings (SSSR count). The third kappa shape index (κ3) is 4.23. The molecule has 0 saturated carbocycles. The van der Waals surface area contributed by atoms with Gasteiger partial charge in [0.2, 0.25) is 5.11 Å². The van der Waals surface area contributed by atoms with Crippen LogP contribution >= 0.6 is 12.2 Å². The minimum absolute atomic E-state index is 0.0508. The molecule has 30 heavy (non-hydrogen) atoms. The lowest BCUT2D eigenvalue weighted by Gasteiger charge is -2.21. The molecule has 0 aromatic heterocycles. The first kappa shape index (κ1) is 19.4. The molecule has 8 heteroatoms. The Morgan fingerprint density at radius 3 is 1.93 bits per heavy atom. The average Bonchev–Trinajstić information content (AvgIpc) is 2.79. The van der Waals surface area contributed by atoms with Crippen LogP contribution in [-0.4, -0.2) is 27.5 Å². The number of nitrogens with zero attached hydrogens (tertiary/aromatic N) is 5. The highest BCUT2D eigenvalue weighted by Gasteiger charge is 2.29. The summed E-state index contributed by atoms with van der Waals surface area (Å²) in [6, 6.07) is 24.5. The predicted octanol–water partition coefficient (Wildman–Crippen LogP) is 5.32. The Hall–Kier alpha value is -3.91. The fourth-order valence-corrected chi connectivity index (χ4v) is 3.24. The second-order valence-electron chi connectivity index (χ2n) is 6.40. The van der Waals surface area contributed by atoms with E-state index in [9.17, 15) is 10.1 Å². The van der Waals surface area contributed by atoms with Crippen LogP contribution in [-0.2, 0) is 0 Å². The molecule has 7 nitrogen and oxygen atoms in total. The molecule has 3 aromatic rings. The molecule has 0 fully saturated rings. The zero-order valence-electron chi connectivity index (χ0n) is 15.6. The summed E-state index contributed by atoms with van der Waals surface area (Å²) >= 11 is 5.31. The van der Waals surface area contributed by atoms with Gasteiger partial charge in [-0.2, -0.15) is 10.2 Å². The molecule has 1 aliphatic rings. The largest absolute Gasteiger partial charge is 0.271 e. The lowest BCUT2D eigenvalue weighted by molar-refractivity contribution is -0.384. The molecular formula is C22H15N5O2S. The van der Waals surface area contributed by atoms with Crippen LogP contribution in [0.1, 0.15) is 11.1 Å². The van der Waals surface area contributed by atoms with Crippen molar-refractivity contribution in [1.82, 2.24) is 0 Å². The molecule has 0 N–H and O–H groups in total. The van der Waals surface area contributed by atoms with E-state index in [1.165, 1.54) is 12.1 Å². The van der Waals surface area contributed by atoms with Crippen LogP contribution in [0, 0.1) is 10.1 Å². The predicted molar refractivity (Wildman–Crippen MR) is 120 cm³/mol. The van der Waals surface area contributed by atoms with E-state index in [0.717, 1.165) is 11.1 Å². The Morgan fingerprint density at radius 1 is 0.833 bits per heavy atom. The van der Waals surface area contributed by atoms with Crippen molar-refractivity contribution < 1.29 is 4.92 Å². The fraction of sp³-hybridized carbons (Fsp3) is 0.0455. The zero-order valence-corrected chi connectivity index (χ0v) is 16.4. The molecule has 0 atom stereocenters. The number of non-ortho nitro benzene ring substituents is 1. The molecule has 1 aliphatic heterocycles. The maximum absolute atomic E-state index is 11.1. The molecule has 146 valence electrons. The highest BCUT2D eigenvalue weighted by Crippen LogP contribution is 2.24. The third-order valence-electron chi connectivity index (χ3n) is 4.42. The van der Waals surface area contributed by atoms with Gasteiger partial charge in [0.1, 0.15) is 0 Å². The summed E-state index contributed by atoms with van der Waals surface area (Å²) in [6.45, 7) is 0. The number of rotatable bonds is 5. The Balaban J connectivity index is 1.79. The molecule has 0 saturated heterocycles. The quantitative estimate of drug-likeness (QED) is 0.245. The van der Waals surface area contributed by atoms with Crippen molar-refractivity contribution in [1.29, 1.82) is 0 Å². The van der Waals surface area contributed by atoms with Gasteiger partial charge in [0.25, 0.3) is 5.69 Å². The van der Waals surface area contributed by atoms with Gasteiger partial charge in [-0.05, 0) is 29.4 Å². The van der Waals surface area contributed by atoms with Crippen LogP contribution in [0.15, 0.2) is 105 Å². The highest BCUT2D eigenvalue weighted by atomic mass is 32.1. The molecule has 1 heterocycles. The van der Waals surface area contributed by atoms with Crippen molar-refractivity contribution in [3.63, 3.8) is 0 Å². The summed E-state index contributed by atoms with van der Waals surface area (Å²) in [7, 11) is 0. The van der Waals surface area contributed by atoms with Gasteiger partial charge >= 0.3 is 0 Å². The second-order valence-corrected chi connectivity index (χ2v) is 6.77. The molecule has 0 spiro atoms. The Bertz CT molecular complexity index is 1130. The summed E-state index contributed by atoms with van der Waals surface area (Å²) in [6.07, 6.45) is 0. The van der Waals surface area contributed by atoms with Gasteiger partial charge < -0.3 is 0 Å². The summed E-state index contributed by atoms with van der Waals surface area (Å²) in [5.74, 6) is 0. The standard InChI is InChI=1S/C22H15N5O2S/c28-27(29)18-13-7-12-17(14-18)25-26-21-19(15-8-3-1-4-9-15)23-22(30)24-20(21)16-10-5-2-6-11-16/h1-14,21H. The van der Waals surface area contributed by atoms with Gasteiger partial charge in [-0.25, -0.2) is 9.98 Å². The smallest absolute Gasteiger partial charge is 0.258 e. The van der Waals surface area contributed by atoms with E-state index in [2.05, 4.69) is 20.2 Å². The second kappa shape index (κ2) is 8.62. The van der Waals surface area contributed by atoms with Gasteiger partial charge in [-0.1, -0.05) is 66.7 Å². The van der Waals surface area contributed by atoms with Gasteiger partial charge in [0, 0.05) is 12.1 Å². The molecule has 0 aliphatic carbocycles. The topological polar surface area (TPSA) is 92.6 Å². The number of hydrogen-bond acceptors (Lipinski definition) is 5. The van der Waals surface area contributed by atoms with Crippen molar-refractivity contribution in [3.05, 3.63) is 106 Å². The van der Waals surface area contributed by atoms with Crippen LogP contribution < -0.4 is 0 Å². The number of hydrogen-bond donors (Lipinski definition) is 0. The van der Waals surface area contributed by atoms with E-state index in [-0.39, 0.29) is 10.8 Å². The normalized spacial score (nSPS) is 14.5. The number of nitro benzene ring substituents is 1. The monoisotopic (exact) mass is 413 g/mol. The fourth-order valence-electron chi connectivity index (χ4n) is 3.05. The maximum Gasteiger partial charge on any atom is 0.271 e. The van der Waals surface area contributed by atoms with Crippen molar-refractivity contribution in [2.24, 2.45) is 20.2 Å². The van der Waals surface area contributed by atoms with Gasteiger partial charge in [-0.15, -0.1) is 0 Å². The minimum Gasteiger partial charge on any atom is -0.258 e. The SMILES string of the molecule is O=[N+]([O-])c1cccc(N=NC2C(c3ccccc3)=NC(=S)N=C2c2ccccc2)c1. The molecule has 0 unspecified atom stereocenters. The highest BCUT2D eigenvalue weighted by molar-refractivity contribution is 7.80. The van der Waals surface area contributed by atoms with Crippen molar-refractivity contribution in [2.45, 2.75) is 6.04 Å². The van der Waals surface area contributed by atoms with Gasteiger partial charge in [0.05, 0.1) is 22.0 Å². The van der Waals surface area contributed by atoms with E-state index < -0.39 is 11.0 Å². The maximum atomic E-state index is 11.1. The summed E-state index contributed by atoms with van der Waals surface area (Å²) in [5.41, 5.74) is 3.28. The summed E-state index contributed by atoms with van der Waals surface area (Å²) in [5, 5.41) is 20.0. The van der Waals surface area contributed by atoms with E-state index in [1.54, 1.807) is 12.1 Å². The minimum atomic E-state index is -0.610. The molecule has 0 amide bonds. The average molecular weight is 413 g/mol. The van der Waals surface area contributed by atoms with Crippen molar-refractivity contribution >= 4 is 40.1 Å². The van der Waals surface area contributed by atoms with Crippen LogP contribution in [0.4, 0.5) is 11.4 Å². The van der Waals surface area contributed by atoms with Crippen molar-refractivity contribution in [2.75, 3.05) is 0 Å². The Morgan fingerprint density at radius 2 is 1.40 bits per heavy atom. The third-order valence-corrected chi connectivity index (χ3v) is 4.60. The number of nitro groups is 1. The number of benzene rings is 3. The van der Waals surface area contributed by atoms with E-state index >= 15 is 0 Å². The molecular weight excluding hydrogens is 398 g/mol. The van der Waals surface area contributed by atoms with E-state index in [0.29, 0.717) is 17.1 Å². The number of thiocarbonyl (C=S) groups is 1. The first-order valence-electron chi connectivity index (χ1n) is 9.09. The Kier molecular flexibility index (Phi) is 5.58. The zero-order chi connectivity index (χ0) is 20.9. The molecule has 0 bridgehead atoms. The van der Waals surface area contributed by atoms with Crippen LogP contribution in [0.2, 0.25) is 0 Å². The van der Waals surface area contributed by atoms with E-state index in [4.69, 9.17) is 12.2 Å². The van der Waals surface area contributed by atoms with Crippen LogP contribution in [0.5, 0.6) is 0 Å². The molecule has 0 radical (unpaired) electrons. The van der Waals surface area contributed by atoms with Gasteiger partial charge in [0.15, 0.2) is 6.04 Å². The first-order valence-corrected chi connectivity index (χ1v) is 9.50. The van der Waals surface area contributed by atoms with E-state index in [1.807, 2.05) is 60.7 Å². The first-order chi connectivity index (χ1) is 14.6. The molecule has 3 aromatic carbocycles. The summed E-state index contributed by atoms with van der Waals surface area (Å²) < 4.78 is 0. The lowest BCUT2D eigenvalue weighted by Crippen LogP contribution is -2.34.